The van der Waals surface area contributed by atoms with Gasteiger partial charge in [0.15, 0.2) is 13.1 Å². The maximum absolute atomic E-state index is 11.6. The van der Waals surface area contributed by atoms with Crippen molar-refractivity contribution < 1.29 is 14.9 Å². The number of aryl methyl sites for hydroxylation is 1. The molecule has 0 fully saturated rings. The van der Waals surface area contributed by atoms with Crippen molar-refractivity contribution in [1.82, 2.24) is 5.32 Å². The number of likely N-dealkylation sites (N-methyl/N-ethyl adjacent to an activating group) is 1. The quantitative estimate of drug-likeness (QED) is 0.699. The van der Waals surface area contributed by atoms with E-state index in [1.807, 2.05) is 13.0 Å². The van der Waals surface area contributed by atoms with Crippen molar-refractivity contribution in [3.8, 4) is 0 Å². The Morgan fingerprint density at radius 2 is 1.94 bits per heavy atom. The number of quaternary nitrogens is 1. The summed E-state index contributed by atoms with van der Waals surface area (Å²) >= 11 is 5.85. The Morgan fingerprint density at radius 1 is 1.28 bits per heavy atom. The van der Waals surface area contributed by atoms with E-state index in [0.717, 1.165) is 5.56 Å². The van der Waals surface area contributed by atoms with E-state index >= 15 is 0 Å². The number of anilines is 1. The molecule has 0 radical (unpaired) electrons. The van der Waals surface area contributed by atoms with Gasteiger partial charge >= 0.3 is 0 Å². The molecular formula is C12H17ClN3O2+. The van der Waals surface area contributed by atoms with Crippen LogP contribution in [0.15, 0.2) is 18.2 Å². The number of rotatable bonds is 5. The number of carbonyl (C=O) groups is 2. The molecule has 0 aliphatic carbocycles. The van der Waals surface area contributed by atoms with Gasteiger partial charge in [-0.05, 0) is 24.6 Å². The Morgan fingerprint density at radius 3 is 2.61 bits per heavy atom. The van der Waals surface area contributed by atoms with E-state index in [-0.39, 0.29) is 24.9 Å². The van der Waals surface area contributed by atoms with E-state index < -0.39 is 0 Å². The van der Waals surface area contributed by atoms with Crippen LogP contribution in [-0.4, -0.2) is 32.0 Å². The summed E-state index contributed by atoms with van der Waals surface area (Å²) in [6.07, 6.45) is 0. The van der Waals surface area contributed by atoms with Crippen molar-refractivity contribution in [2.24, 2.45) is 0 Å². The van der Waals surface area contributed by atoms with Gasteiger partial charge in [0.25, 0.3) is 11.8 Å². The molecule has 6 heteroatoms. The smallest absolute Gasteiger partial charge is 0.279 e. The van der Waals surface area contributed by atoms with Gasteiger partial charge in [-0.25, -0.2) is 0 Å². The first-order chi connectivity index (χ1) is 8.52. The first-order valence-corrected chi connectivity index (χ1v) is 5.99. The number of hydrogen-bond donors (Lipinski definition) is 3. The van der Waals surface area contributed by atoms with Crippen LogP contribution in [0.25, 0.3) is 0 Å². The van der Waals surface area contributed by atoms with Crippen LogP contribution in [0, 0.1) is 6.92 Å². The van der Waals surface area contributed by atoms with Crippen molar-refractivity contribution in [2.75, 3.05) is 25.5 Å². The molecule has 5 nitrogen and oxygen atoms in total. The van der Waals surface area contributed by atoms with Gasteiger partial charge in [-0.2, -0.15) is 0 Å². The number of nitrogens with one attached hydrogen (secondary N) is 2. The van der Waals surface area contributed by atoms with Crippen molar-refractivity contribution >= 4 is 29.1 Å². The highest BCUT2D eigenvalue weighted by Gasteiger charge is 2.08. The van der Waals surface area contributed by atoms with Crippen LogP contribution in [-0.2, 0) is 9.59 Å². The second-order valence-electron chi connectivity index (χ2n) is 3.88. The lowest BCUT2D eigenvalue weighted by Crippen LogP contribution is -2.88. The normalized spacial score (nSPS) is 9.94. The third kappa shape index (κ3) is 4.73. The molecule has 1 aromatic rings. The van der Waals surface area contributed by atoms with Gasteiger partial charge in [0.2, 0.25) is 0 Å². The van der Waals surface area contributed by atoms with Crippen LogP contribution in [0.3, 0.4) is 0 Å². The molecular weight excluding hydrogens is 254 g/mol. The maximum atomic E-state index is 11.6. The topological polar surface area (TPSA) is 74.8 Å². The summed E-state index contributed by atoms with van der Waals surface area (Å²) in [5.74, 6) is -0.272. The largest absolute Gasteiger partial charge is 0.354 e. The highest BCUT2D eigenvalue weighted by Crippen LogP contribution is 2.19. The van der Waals surface area contributed by atoms with E-state index in [1.54, 1.807) is 24.5 Å². The molecule has 0 saturated carbocycles. The first kappa shape index (κ1) is 14.5. The van der Waals surface area contributed by atoms with E-state index in [4.69, 9.17) is 11.6 Å². The molecule has 0 unspecified atom stereocenters. The zero-order chi connectivity index (χ0) is 13.5. The van der Waals surface area contributed by atoms with Crippen molar-refractivity contribution in [3.63, 3.8) is 0 Å². The molecule has 0 bridgehead atoms. The summed E-state index contributed by atoms with van der Waals surface area (Å²) in [6.45, 7) is 2.32. The average Bonchev–Trinajstić information content (AvgIpc) is 2.33. The summed E-state index contributed by atoms with van der Waals surface area (Å²) in [6, 6.07) is 5.31. The number of nitrogens with two attached hydrogens (primary N) is 1. The number of benzene rings is 1. The van der Waals surface area contributed by atoms with Crippen LogP contribution in [0.4, 0.5) is 5.69 Å². The lowest BCUT2D eigenvalue weighted by atomic mass is 10.2. The number of hydrogen-bond acceptors (Lipinski definition) is 2. The van der Waals surface area contributed by atoms with Crippen molar-refractivity contribution in [2.45, 2.75) is 6.92 Å². The predicted molar refractivity (Wildman–Crippen MR) is 70.5 cm³/mol. The summed E-state index contributed by atoms with van der Waals surface area (Å²) in [7, 11) is 1.56. The number of carbonyl (C=O) groups excluding carboxylic acids is 2. The van der Waals surface area contributed by atoms with E-state index in [2.05, 4.69) is 10.6 Å². The fourth-order valence-electron chi connectivity index (χ4n) is 1.37. The van der Waals surface area contributed by atoms with Gasteiger partial charge < -0.3 is 16.0 Å². The van der Waals surface area contributed by atoms with Crippen LogP contribution < -0.4 is 16.0 Å². The molecule has 0 aromatic heterocycles. The minimum atomic E-state index is -0.163. The molecule has 0 saturated heterocycles. The molecule has 0 aliphatic rings. The monoisotopic (exact) mass is 270 g/mol. The summed E-state index contributed by atoms with van der Waals surface area (Å²) < 4.78 is 0. The summed E-state index contributed by atoms with van der Waals surface area (Å²) in [5, 5.41) is 7.45. The van der Waals surface area contributed by atoms with Crippen LogP contribution in [0.2, 0.25) is 5.02 Å². The second-order valence-corrected chi connectivity index (χ2v) is 4.31. The standard InChI is InChI=1S/C12H16ClN3O2/c1-8-3-4-9(13)5-10(8)16-12(18)7-15-6-11(17)14-2/h3-5,15H,6-7H2,1-2H3,(H,14,17)(H,16,18)/p+1. The average molecular weight is 271 g/mol. The Hall–Kier alpha value is -1.59. The third-order valence-corrected chi connectivity index (χ3v) is 2.65. The highest BCUT2D eigenvalue weighted by molar-refractivity contribution is 6.31. The molecule has 0 spiro atoms. The van der Waals surface area contributed by atoms with Crippen molar-refractivity contribution in [1.29, 1.82) is 0 Å². The summed E-state index contributed by atoms with van der Waals surface area (Å²) in [4.78, 5) is 22.6. The number of halogens is 1. The van der Waals surface area contributed by atoms with Crippen LogP contribution in [0.1, 0.15) is 5.56 Å². The lowest BCUT2D eigenvalue weighted by molar-refractivity contribution is -0.632. The molecule has 1 aromatic carbocycles. The first-order valence-electron chi connectivity index (χ1n) is 5.61. The number of amides is 2. The zero-order valence-corrected chi connectivity index (χ0v) is 11.2. The van der Waals surface area contributed by atoms with Gasteiger partial charge in [0.1, 0.15) is 0 Å². The molecule has 18 heavy (non-hydrogen) atoms. The Balaban J connectivity index is 2.44. The van der Waals surface area contributed by atoms with E-state index in [9.17, 15) is 9.59 Å². The Labute approximate surface area is 111 Å². The summed E-state index contributed by atoms with van der Waals surface area (Å²) in [5.41, 5.74) is 1.64. The second kappa shape index (κ2) is 6.98. The SMILES string of the molecule is CNC(=O)C[NH2+]CC(=O)Nc1cc(Cl)ccc1C. The molecule has 0 aliphatic heterocycles. The molecule has 0 atom stereocenters. The molecule has 98 valence electrons. The maximum Gasteiger partial charge on any atom is 0.279 e. The van der Waals surface area contributed by atoms with E-state index in [0.29, 0.717) is 10.7 Å². The van der Waals surface area contributed by atoms with Gasteiger partial charge in [0.05, 0.1) is 0 Å². The molecule has 2 amide bonds. The zero-order valence-electron chi connectivity index (χ0n) is 10.4. The fourth-order valence-corrected chi connectivity index (χ4v) is 1.54. The highest BCUT2D eigenvalue weighted by atomic mass is 35.5. The minimum Gasteiger partial charge on any atom is -0.354 e. The van der Waals surface area contributed by atoms with E-state index in [1.165, 1.54) is 0 Å². The minimum absolute atomic E-state index is 0.110. The molecule has 1 rings (SSSR count). The van der Waals surface area contributed by atoms with Crippen molar-refractivity contribution in [3.05, 3.63) is 28.8 Å². The van der Waals surface area contributed by atoms with Gasteiger partial charge in [-0.3, -0.25) is 9.59 Å². The molecule has 0 heterocycles. The fraction of sp³-hybridized carbons (Fsp3) is 0.333. The Bertz CT molecular complexity index is 449. The van der Waals surface area contributed by atoms with Gasteiger partial charge in [0, 0.05) is 17.8 Å². The van der Waals surface area contributed by atoms with Gasteiger partial charge in [-0.15, -0.1) is 0 Å². The van der Waals surface area contributed by atoms with Crippen LogP contribution in [0.5, 0.6) is 0 Å². The van der Waals surface area contributed by atoms with Gasteiger partial charge in [-0.1, -0.05) is 17.7 Å². The molecule has 4 N–H and O–H groups in total. The predicted octanol–water partition coefficient (Wildman–Crippen LogP) is -0.104. The lowest BCUT2D eigenvalue weighted by Gasteiger charge is -2.08. The Kier molecular flexibility index (Phi) is 5.61. The third-order valence-electron chi connectivity index (χ3n) is 2.41. The van der Waals surface area contributed by atoms with Crippen LogP contribution >= 0.6 is 11.6 Å².